The van der Waals surface area contributed by atoms with Crippen molar-refractivity contribution in [2.24, 2.45) is 5.73 Å². The van der Waals surface area contributed by atoms with Crippen LogP contribution in [0.15, 0.2) is 29.2 Å². The van der Waals surface area contributed by atoms with Gasteiger partial charge < -0.3 is 10.8 Å². The molecule has 0 saturated heterocycles. The molecule has 0 bridgehead atoms. The van der Waals surface area contributed by atoms with Crippen LogP contribution in [-0.2, 0) is 14.8 Å². The van der Waals surface area contributed by atoms with Crippen molar-refractivity contribution < 1.29 is 18.3 Å². The van der Waals surface area contributed by atoms with E-state index in [0.717, 1.165) is 0 Å². The number of carbonyl (C=O) groups excluding carboxylic acids is 1. The summed E-state index contributed by atoms with van der Waals surface area (Å²) in [7, 11) is -3.74. The number of hydrogen-bond acceptors (Lipinski definition) is 4. The topological polar surface area (TPSA) is 109 Å². The van der Waals surface area contributed by atoms with Gasteiger partial charge in [0.1, 0.15) is 0 Å². The van der Waals surface area contributed by atoms with Crippen LogP contribution in [-0.4, -0.2) is 25.5 Å². The second-order valence-electron chi connectivity index (χ2n) is 4.69. The summed E-state index contributed by atoms with van der Waals surface area (Å²) in [4.78, 5) is 10.8. The molecule has 112 valence electrons. The highest BCUT2D eigenvalue weighted by molar-refractivity contribution is 7.89. The third kappa shape index (κ3) is 4.59. The van der Waals surface area contributed by atoms with Crippen LogP contribution in [0.25, 0.3) is 0 Å². The van der Waals surface area contributed by atoms with Gasteiger partial charge in [-0.25, -0.2) is 13.1 Å². The molecule has 0 saturated carbocycles. The largest absolute Gasteiger partial charge is 0.388 e. The summed E-state index contributed by atoms with van der Waals surface area (Å²) in [5.41, 5.74) is 5.57. The number of primary amides is 1. The highest BCUT2D eigenvalue weighted by Gasteiger charge is 2.19. The number of benzene rings is 1. The number of nitrogens with one attached hydrogen (secondary N) is 1. The van der Waals surface area contributed by atoms with Crippen molar-refractivity contribution in [1.82, 2.24) is 4.72 Å². The van der Waals surface area contributed by atoms with Gasteiger partial charge in [0.05, 0.1) is 11.0 Å². The summed E-state index contributed by atoms with van der Waals surface area (Å²) in [6.07, 6.45) is -0.279. The standard InChI is InChI=1S/C13H20N2O4S/c1-3-12(16)10-5-4-6-11(8-10)20(18,19)15-9(2)7-13(14)17/h4-6,8-9,12,15-16H,3,7H2,1-2H3,(H2,14,17). The molecule has 2 unspecified atom stereocenters. The molecule has 0 heterocycles. The first-order valence-corrected chi connectivity index (χ1v) is 7.83. The Morgan fingerprint density at radius 1 is 1.45 bits per heavy atom. The molecule has 0 aromatic heterocycles. The first-order chi connectivity index (χ1) is 9.26. The van der Waals surface area contributed by atoms with Crippen LogP contribution >= 0.6 is 0 Å². The van der Waals surface area contributed by atoms with Crippen LogP contribution in [0.1, 0.15) is 38.4 Å². The fourth-order valence-corrected chi connectivity index (χ4v) is 3.10. The number of amides is 1. The van der Waals surface area contributed by atoms with Crippen LogP contribution in [0.2, 0.25) is 0 Å². The summed E-state index contributed by atoms with van der Waals surface area (Å²) in [5, 5.41) is 9.74. The number of aliphatic hydroxyl groups excluding tert-OH is 1. The van der Waals surface area contributed by atoms with E-state index < -0.39 is 28.1 Å². The zero-order chi connectivity index (χ0) is 15.3. The van der Waals surface area contributed by atoms with Crippen molar-refractivity contribution in [3.63, 3.8) is 0 Å². The Labute approximate surface area is 119 Å². The number of aliphatic hydroxyl groups is 1. The van der Waals surface area contributed by atoms with Crippen molar-refractivity contribution in [3.05, 3.63) is 29.8 Å². The van der Waals surface area contributed by atoms with Gasteiger partial charge in [-0.1, -0.05) is 19.1 Å². The maximum atomic E-state index is 12.1. The summed E-state index contributed by atoms with van der Waals surface area (Å²) in [5.74, 6) is -0.574. The molecule has 0 fully saturated rings. The summed E-state index contributed by atoms with van der Waals surface area (Å²) >= 11 is 0. The van der Waals surface area contributed by atoms with Crippen LogP contribution in [0.4, 0.5) is 0 Å². The second-order valence-corrected chi connectivity index (χ2v) is 6.40. The van der Waals surface area contributed by atoms with Gasteiger partial charge in [0.2, 0.25) is 15.9 Å². The molecule has 0 aliphatic heterocycles. The smallest absolute Gasteiger partial charge is 0.240 e. The summed E-state index contributed by atoms with van der Waals surface area (Å²) in [6.45, 7) is 3.37. The van der Waals surface area contributed by atoms with E-state index in [1.807, 2.05) is 0 Å². The lowest BCUT2D eigenvalue weighted by atomic mass is 10.1. The maximum Gasteiger partial charge on any atom is 0.240 e. The predicted octanol–water partition coefficient (Wildman–Crippen LogP) is 0.672. The molecule has 1 rings (SSSR count). The van der Waals surface area contributed by atoms with E-state index >= 15 is 0 Å². The normalized spacial score (nSPS) is 14.8. The van der Waals surface area contributed by atoms with Crippen molar-refractivity contribution in [2.75, 3.05) is 0 Å². The minimum absolute atomic E-state index is 0.0545. The zero-order valence-electron chi connectivity index (χ0n) is 11.5. The minimum atomic E-state index is -3.74. The fraction of sp³-hybridized carbons (Fsp3) is 0.462. The van der Waals surface area contributed by atoms with E-state index in [4.69, 9.17) is 5.73 Å². The lowest BCUT2D eigenvalue weighted by Crippen LogP contribution is -2.35. The van der Waals surface area contributed by atoms with Crippen LogP contribution in [0, 0.1) is 0 Å². The van der Waals surface area contributed by atoms with Gasteiger partial charge in [0.15, 0.2) is 0 Å². The number of rotatable bonds is 7. The Morgan fingerprint density at radius 3 is 2.65 bits per heavy atom. The molecule has 1 aromatic rings. The molecule has 1 aromatic carbocycles. The molecule has 20 heavy (non-hydrogen) atoms. The lowest BCUT2D eigenvalue weighted by Gasteiger charge is -2.14. The Morgan fingerprint density at radius 2 is 2.10 bits per heavy atom. The molecule has 0 aliphatic carbocycles. The minimum Gasteiger partial charge on any atom is -0.388 e. The van der Waals surface area contributed by atoms with Gasteiger partial charge in [-0.2, -0.15) is 0 Å². The fourth-order valence-electron chi connectivity index (χ4n) is 1.80. The Bertz CT molecular complexity index is 571. The van der Waals surface area contributed by atoms with E-state index in [-0.39, 0.29) is 11.3 Å². The number of hydrogen-bond donors (Lipinski definition) is 3. The van der Waals surface area contributed by atoms with E-state index in [9.17, 15) is 18.3 Å². The number of sulfonamides is 1. The van der Waals surface area contributed by atoms with Crippen LogP contribution in [0.5, 0.6) is 0 Å². The predicted molar refractivity (Wildman–Crippen MR) is 75.3 cm³/mol. The van der Waals surface area contributed by atoms with Crippen molar-refractivity contribution in [2.45, 2.75) is 43.7 Å². The third-order valence-electron chi connectivity index (χ3n) is 2.80. The molecular formula is C13H20N2O4S. The van der Waals surface area contributed by atoms with Gasteiger partial charge in [-0.3, -0.25) is 4.79 Å². The lowest BCUT2D eigenvalue weighted by molar-refractivity contribution is -0.118. The molecule has 2 atom stereocenters. The maximum absolute atomic E-state index is 12.1. The van der Waals surface area contributed by atoms with Crippen molar-refractivity contribution >= 4 is 15.9 Å². The van der Waals surface area contributed by atoms with Gasteiger partial charge in [0.25, 0.3) is 0 Å². The van der Waals surface area contributed by atoms with Gasteiger partial charge in [-0.05, 0) is 31.0 Å². The SMILES string of the molecule is CCC(O)c1cccc(S(=O)(=O)NC(C)CC(N)=O)c1. The van der Waals surface area contributed by atoms with Gasteiger partial charge in [-0.15, -0.1) is 0 Å². The molecule has 0 radical (unpaired) electrons. The Hall–Kier alpha value is -1.44. The highest BCUT2D eigenvalue weighted by Crippen LogP contribution is 2.20. The molecule has 0 aliphatic rings. The first kappa shape index (κ1) is 16.6. The molecule has 1 amide bonds. The highest BCUT2D eigenvalue weighted by atomic mass is 32.2. The quantitative estimate of drug-likeness (QED) is 0.687. The molecule has 0 spiro atoms. The van der Waals surface area contributed by atoms with Crippen LogP contribution in [0.3, 0.4) is 0 Å². The van der Waals surface area contributed by atoms with E-state index in [2.05, 4.69) is 4.72 Å². The average molecular weight is 300 g/mol. The molecular weight excluding hydrogens is 280 g/mol. The number of carbonyl (C=O) groups is 1. The summed E-state index contributed by atoms with van der Waals surface area (Å²) < 4.78 is 26.7. The summed E-state index contributed by atoms with van der Waals surface area (Å²) in [6, 6.07) is 5.51. The average Bonchev–Trinajstić information content (AvgIpc) is 2.36. The van der Waals surface area contributed by atoms with E-state index in [1.165, 1.54) is 12.1 Å². The third-order valence-corrected chi connectivity index (χ3v) is 4.39. The second kappa shape index (κ2) is 6.83. The van der Waals surface area contributed by atoms with Crippen molar-refractivity contribution in [1.29, 1.82) is 0 Å². The zero-order valence-corrected chi connectivity index (χ0v) is 12.4. The monoisotopic (exact) mass is 300 g/mol. The Balaban J connectivity index is 2.95. The van der Waals surface area contributed by atoms with Gasteiger partial charge in [0, 0.05) is 12.5 Å². The molecule has 6 nitrogen and oxygen atoms in total. The van der Waals surface area contributed by atoms with E-state index in [0.29, 0.717) is 12.0 Å². The molecule has 4 N–H and O–H groups in total. The van der Waals surface area contributed by atoms with Crippen molar-refractivity contribution in [3.8, 4) is 0 Å². The first-order valence-electron chi connectivity index (χ1n) is 6.35. The van der Waals surface area contributed by atoms with Gasteiger partial charge >= 0.3 is 0 Å². The number of nitrogens with two attached hydrogens (primary N) is 1. The van der Waals surface area contributed by atoms with E-state index in [1.54, 1.807) is 26.0 Å². The molecule has 7 heteroatoms. The van der Waals surface area contributed by atoms with Crippen LogP contribution < -0.4 is 10.5 Å². The Kier molecular flexibility index (Phi) is 5.67.